The van der Waals surface area contributed by atoms with Crippen LogP contribution in [0.25, 0.3) is 0 Å². The number of nitriles is 1. The summed E-state index contributed by atoms with van der Waals surface area (Å²) in [6.45, 7) is 0.344. The highest BCUT2D eigenvalue weighted by Crippen LogP contribution is 2.28. The summed E-state index contributed by atoms with van der Waals surface area (Å²) in [6.07, 6.45) is 0.269. The van der Waals surface area contributed by atoms with Crippen LogP contribution in [-0.2, 0) is 10.5 Å². The number of thioether (sulfide) groups is 1. The number of benzene rings is 2. The highest BCUT2D eigenvalue weighted by molar-refractivity contribution is 7.99. The number of hydrogen-bond acceptors (Lipinski definition) is 4. The molecule has 2 rings (SSSR count). The van der Waals surface area contributed by atoms with Gasteiger partial charge in [-0.15, -0.1) is 11.8 Å². The standard InChI is InChI=1S/C19H19ClN2O2S/c1-24-18-6-3-2-5-17(18)22(12-4-11-21)19(23)14-25-13-15-7-9-16(20)10-8-15/h2-3,5-10H,4,12-14H2,1H3. The van der Waals surface area contributed by atoms with Gasteiger partial charge in [-0.2, -0.15) is 5.26 Å². The lowest BCUT2D eigenvalue weighted by Gasteiger charge is -2.23. The van der Waals surface area contributed by atoms with Crippen molar-refractivity contribution in [3.63, 3.8) is 0 Å². The number of para-hydroxylation sites is 2. The lowest BCUT2D eigenvalue weighted by Crippen LogP contribution is -2.33. The van der Waals surface area contributed by atoms with E-state index in [9.17, 15) is 4.79 Å². The third-order valence-electron chi connectivity index (χ3n) is 3.53. The highest BCUT2D eigenvalue weighted by Gasteiger charge is 2.18. The molecule has 2 aromatic rings. The Morgan fingerprint density at radius 2 is 1.96 bits per heavy atom. The number of rotatable bonds is 8. The summed E-state index contributed by atoms with van der Waals surface area (Å²) in [5.41, 5.74) is 1.81. The molecular formula is C19H19ClN2O2S. The Kier molecular flexibility index (Phi) is 7.65. The normalized spacial score (nSPS) is 10.1. The monoisotopic (exact) mass is 374 g/mol. The number of nitrogens with zero attached hydrogens (tertiary/aromatic N) is 2. The Hall–Kier alpha value is -2.16. The fourth-order valence-corrected chi connectivity index (χ4v) is 3.30. The van der Waals surface area contributed by atoms with Crippen LogP contribution < -0.4 is 9.64 Å². The second kappa shape index (κ2) is 9.97. The minimum atomic E-state index is -0.0429. The number of hydrogen-bond donors (Lipinski definition) is 0. The fraction of sp³-hybridized carbons (Fsp3) is 0.263. The molecule has 1 amide bonds. The van der Waals surface area contributed by atoms with Crippen molar-refractivity contribution in [3.05, 3.63) is 59.1 Å². The minimum absolute atomic E-state index is 0.0429. The van der Waals surface area contributed by atoms with E-state index in [4.69, 9.17) is 21.6 Å². The van der Waals surface area contributed by atoms with Crippen LogP contribution in [0, 0.1) is 11.3 Å². The summed E-state index contributed by atoms with van der Waals surface area (Å²) in [4.78, 5) is 14.3. The zero-order valence-electron chi connectivity index (χ0n) is 13.9. The van der Waals surface area contributed by atoms with Crippen LogP contribution in [0.5, 0.6) is 5.75 Å². The summed E-state index contributed by atoms with van der Waals surface area (Å²) in [6, 6.07) is 17.0. The number of anilines is 1. The maximum Gasteiger partial charge on any atom is 0.237 e. The van der Waals surface area contributed by atoms with Crippen molar-refractivity contribution in [1.82, 2.24) is 0 Å². The van der Waals surface area contributed by atoms with Gasteiger partial charge in [-0.25, -0.2) is 0 Å². The molecule has 0 N–H and O–H groups in total. The van der Waals surface area contributed by atoms with Crippen LogP contribution in [0.15, 0.2) is 48.5 Å². The molecule has 0 unspecified atom stereocenters. The maximum absolute atomic E-state index is 12.7. The zero-order valence-corrected chi connectivity index (χ0v) is 15.5. The van der Waals surface area contributed by atoms with Crippen molar-refractivity contribution >= 4 is 35.0 Å². The van der Waals surface area contributed by atoms with Crippen molar-refractivity contribution in [2.45, 2.75) is 12.2 Å². The van der Waals surface area contributed by atoms with E-state index in [2.05, 4.69) is 6.07 Å². The van der Waals surface area contributed by atoms with Gasteiger partial charge >= 0.3 is 0 Å². The Labute approximate surface area is 157 Å². The van der Waals surface area contributed by atoms with Gasteiger partial charge in [0.1, 0.15) is 5.75 Å². The molecule has 0 saturated heterocycles. The predicted molar refractivity (Wildman–Crippen MR) is 103 cm³/mol. The van der Waals surface area contributed by atoms with Crippen LogP contribution in [-0.4, -0.2) is 25.3 Å². The fourth-order valence-electron chi connectivity index (χ4n) is 2.31. The van der Waals surface area contributed by atoms with E-state index in [-0.39, 0.29) is 12.3 Å². The van der Waals surface area contributed by atoms with Gasteiger partial charge in [0.15, 0.2) is 0 Å². The van der Waals surface area contributed by atoms with Gasteiger partial charge in [0.25, 0.3) is 0 Å². The Morgan fingerprint density at radius 1 is 1.24 bits per heavy atom. The van der Waals surface area contributed by atoms with E-state index in [0.717, 1.165) is 11.3 Å². The topological polar surface area (TPSA) is 53.3 Å². The SMILES string of the molecule is COc1ccccc1N(CCC#N)C(=O)CSCc1ccc(Cl)cc1. The molecule has 0 radical (unpaired) electrons. The molecule has 0 heterocycles. The Morgan fingerprint density at radius 3 is 2.64 bits per heavy atom. The Bertz CT molecular complexity index is 744. The van der Waals surface area contributed by atoms with E-state index in [1.165, 1.54) is 11.8 Å². The number of halogens is 1. The van der Waals surface area contributed by atoms with Crippen molar-refractivity contribution in [2.75, 3.05) is 24.3 Å². The number of ether oxygens (including phenoxy) is 1. The van der Waals surface area contributed by atoms with E-state index < -0.39 is 0 Å². The van der Waals surface area contributed by atoms with Gasteiger partial charge in [-0.1, -0.05) is 35.9 Å². The average molecular weight is 375 g/mol. The number of methoxy groups -OCH3 is 1. The summed E-state index contributed by atoms with van der Waals surface area (Å²) in [7, 11) is 1.57. The van der Waals surface area contributed by atoms with E-state index in [1.807, 2.05) is 48.5 Å². The minimum Gasteiger partial charge on any atom is -0.495 e. The first-order chi connectivity index (χ1) is 12.2. The van der Waals surface area contributed by atoms with Crippen LogP contribution in [0.1, 0.15) is 12.0 Å². The zero-order chi connectivity index (χ0) is 18.1. The molecule has 2 aromatic carbocycles. The van der Waals surface area contributed by atoms with Crippen LogP contribution in [0.4, 0.5) is 5.69 Å². The molecule has 130 valence electrons. The van der Waals surface area contributed by atoms with Crippen molar-refractivity contribution in [3.8, 4) is 11.8 Å². The third kappa shape index (κ3) is 5.70. The second-order valence-corrected chi connectivity index (χ2v) is 6.67. The van der Waals surface area contributed by atoms with Crippen LogP contribution >= 0.6 is 23.4 Å². The van der Waals surface area contributed by atoms with Crippen LogP contribution in [0.3, 0.4) is 0 Å². The molecule has 0 aromatic heterocycles. The predicted octanol–water partition coefficient (Wildman–Crippen LogP) is 4.53. The number of amides is 1. The molecule has 0 aliphatic rings. The van der Waals surface area contributed by atoms with Crippen molar-refractivity contribution in [1.29, 1.82) is 5.26 Å². The molecule has 0 fully saturated rings. The first-order valence-electron chi connectivity index (χ1n) is 7.78. The van der Waals surface area contributed by atoms with E-state index in [1.54, 1.807) is 12.0 Å². The third-order valence-corrected chi connectivity index (χ3v) is 4.77. The first-order valence-corrected chi connectivity index (χ1v) is 9.31. The van der Waals surface area contributed by atoms with Crippen molar-refractivity contribution in [2.24, 2.45) is 0 Å². The quantitative estimate of drug-likeness (QED) is 0.681. The lowest BCUT2D eigenvalue weighted by molar-refractivity contribution is -0.116. The summed E-state index contributed by atoms with van der Waals surface area (Å²) >= 11 is 7.41. The van der Waals surface area contributed by atoms with Gasteiger partial charge in [-0.05, 0) is 29.8 Å². The maximum atomic E-state index is 12.7. The largest absolute Gasteiger partial charge is 0.495 e. The molecule has 4 nitrogen and oxygen atoms in total. The smallest absolute Gasteiger partial charge is 0.237 e. The molecular weight excluding hydrogens is 356 g/mol. The summed E-state index contributed by atoms with van der Waals surface area (Å²) in [5.74, 6) is 1.63. The molecule has 25 heavy (non-hydrogen) atoms. The van der Waals surface area contributed by atoms with Gasteiger partial charge in [0, 0.05) is 17.3 Å². The Balaban J connectivity index is 2.03. The average Bonchev–Trinajstić information content (AvgIpc) is 2.64. The molecule has 0 aliphatic heterocycles. The van der Waals surface area contributed by atoms with E-state index in [0.29, 0.717) is 28.8 Å². The van der Waals surface area contributed by atoms with Gasteiger partial charge in [0.05, 0.1) is 31.0 Å². The van der Waals surface area contributed by atoms with Crippen LogP contribution in [0.2, 0.25) is 5.02 Å². The van der Waals surface area contributed by atoms with Gasteiger partial charge in [-0.3, -0.25) is 4.79 Å². The summed E-state index contributed by atoms with van der Waals surface area (Å²) in [5, 5.41) is 9.58. The lowest BCUT2D eigenvalue weighted by atomic mass is 10.2. The van der Waals surface area contributed by atoms with Gasteiger partial charge < -0.3 is 9.64 Å². The molecule has 6 heteroatoms. The molecule has 0 saturated carbocycles. The molecule has 0 aliphatic carbocycles. The van der Waals surface area contributed by atoms with E-state index >= 15 is 0 Å². The second-order valence-electron chi connectivity index (χ2n) is 5.24. The molecule has 0 atom stereocenters. The number of carbonyl (C=O) groups is 1. The first kappa shape index (κ1) is 19.2. The number of carbonyl (C=O) groups excluding carboxylic acids is 1. The molecule has 0 bridgehead atoms. The highest BCUT2D eigenvalue weighted by atomic mass is 35.5. The van der Waals surface area contributed by atoms with Gasteiger partial charge in [0.2, 0.25) is 5.91 Å². The summed E-state index contributed by atoms with van der Waals surface area (Å²) < 4.78 is 5.35. The molecule has 0 spiro atoms. The van der Waals surface area contributed by atoms with Crippen molar-refractivity contribution < 1.29 is 9.53 Å².